The van der Waals surface area contributed by atoms with Crippen molar-refractivity contribution in [1.29, 1.82) is 0 Å². The van der Waals surface area contributed by atoms with Crippen LogP contribution in [0.1, 0.15) is 11.1 Å². The number of halogens is 3. The molecule has 2 aromatic carbocycles. The quantitative estimate of drug-likeness (QED) is 0.923. The number of hydrogen-bond acceptors (Lipinski definition) is 2. The molecule has 2 aromatic rings. The molecule has 1 N–H and O–H groups in total. The average Bonchev–Trinajstić information content (AvgIpc) is 2.40. The summed E-state index contributed by atoms with van der Waals surface area (Å²) in [4.78, 5) is 10.5. The molecule has 0 aromatic heterocycles. The Morgan fingerprint density at radius 1 is 1.05 bits per heavy atom. The van der Waals surface area contributed by atoms with Gasteiger partial charge in [-0.05, 0) is 35.9 Å². The van der Waals surface area contributed by atoms with Gasteiger partial charge >= 0.3 is 12.1 Å². The second-order valence-corrected chi connectivity index (χ2v) is 4.34. The first-order valence-electron chi connectivity index (χ1n) is 6.00. The molecular formula is C15H11F3O3. The van der Waals surface area contributed by atoms with Gasteiger partial charge in [-0.2, -0.15) is 13.2 Å². The van der Waals surface area contributed by atoms with Crippen molar-refractivity contribution in [2.45, 2.75) is 12.6 Å². The van der Waals surface area contributed by atoms with E-state index in [1.165, 1.54) is 24.3 Å². The van der Waals surface area contributed by atoms with Crippen molar-refractivity contribution in [2.24, 2.45) is 0 Å². The van der Waals surface area contributed by atoms with Crippen molar-refractivity contribution in [3.63, 3.8) is 0 Å². The molecule has 6 heteroatoms. The van der Waals surface area contributed by atoms with Crippen LogP contribution in [-0.2, 0) is 17.4 Å². The zero-order valence-electron chi connectivity index (χ0n) is 10.7. The Morgan fingerprint density at radius 3 is 2.29 bits per heavy atom. The summed E-state index contributed by atoms with van der Waals surface area (Å²) >= 11 is 0. The summed E-state index contributed by atoms with van der Waals surface area (Å²) in [6.45, 7) is 0. The smallest absolute Gasteiger partial charge is 0.416 e. The van der Waals surface area contributed by atoms with Crippen LogP contribution in [0.25, 0.3) is 0 Å². The zero-order chi connectivity index (χ0) is 15.5. The van der Waals surface area contributed by atoms with Gasteiger partial charge in [0.2, 0.25) is 0 Å². The molecular weight excluding hydrogens is 285 g/mol. The van der Waals surface area contributed by atoms with Crippen LogP contribution < -0.4 is 4.74 Å². The van der Waals surface area contributed by atoms with Crippen LogP contribution in [0.4, 0.5) is 13.2 Å². The molecule has 110 valence electrons. The number of rotatable bonds is 4. The molecule has 0 saturated carbocycles. The van der Waals surface area contributed by atoms with Crippen LogP contribution in [-0.4, -0.2) is 11.1 Å². The molecule has 0 amide bonds. The third kappa shape index (κ3) is 4.24. The monoisotopic (exact) mass is 296 g/mol. The second-order valence-electron chi connectivity index (χ2n) is 4.34. The lowest BCUT2D eigenvalue weighted by molar-refractivity contribution is -0.138. The van der Waals surface area contributed by atoms with Crippen molar-refractivity contribution in [3.8, 4) is 11.5 Å². The van der Waals surface area contributed by atoms with Gasteiger partial charge in [-0.25, -0.2) is 0 Å². The van der Waals surface area contributed by atoms with Gasteiger partial charge in [0, 0.05) is 0 Å². The van der Waals surface area contributed by atoms with Gasteiger partial charge in [0.25, 0.3) is 0 Å². The van der Waals surface area contributed by atoms with E-state index in [-0.39, 0.29) is 12.2 Å². The number of alkyl halides is 3. The molecule has 0 bridgehead atoms. The van der Waals surface area contributed by atoms with E-state index in [0.29, 0.717) is 11.3 Å². The SMILES string of the molecule is O=C(O)Cc1ccc(Oc2cccc(C(F)(F)F)c2)cc1. The Kier molecular flexibility index (Phi) is 4.16. The Bertz CT molecular complexity index is 633. The molecule has 0 radical (unpaired) electrons. The predicted molar refractivity (Wildman–Crippen MR) is 69.3 cm³/mol. The third-order valence-electron chi connectivity index (χ3n) is 2.68. The lowest BCUT2D eigenvalue weighted by Gasteiger charge is -2.10. The van der Waals surface area contributed by atoms with Crippen molar-refractivity contribution in [3.05, 3.63) is 59.7 Å². The Hall–Kier alpha value is -2.50. The fraction of sp³-hybridized carbons (Fsp3) is 0.133. The molecule has 0 aliphatic rings. The summed E-state index contributed by atoms with van der Waals surface area (Å²) in [6, 6.07) is 10.7. The number of ether oxygens (including phenoxy) is 1. The van der Waals surface area contributed by atoms with E-state index in [2.05, 4.69) is 0 Å². The molecule has 2 rings (SSSR count). The highest BCUT2D eigenvalue weighted by Crippen LogP contribution is 2.32. The number of hydrogen-bond donors (Lipinski definition) is 1. The van der Waals surface area contributed by atoms with Crippen LogP contribution in [0.2, 0.25) is 0 Å². The third-order valence-corrected chi connectivity index (χ3v) is 2.68. The van der Waals surface area contributed by atoms with E-state index in [4.69, 9.17) is 9.84 Å². The molecule has 0 saturated heterocycles. The number of carboxylic acids is 1. The zero-order valence-corrected chi connectivity index (χ0v) is 10.7. The van der Waals surface area contributed by atoms with Gasteiger partial charge < -0.3 is 9.84 Å². The Labute approximate surface area is 118 Å². The molecule has 0 aliphatic heterocycles. The number of aliphatic carboxylic acids is 1. The Morgan fingerprint density at radius 2 is 1.71 bits per heavy atom. The fourth-order valence-corrected chi connectivity index (χ4v) is 1.72. The van der Waals surface area contributed by atoms with E-state index < -0.39 is 17.7 Å². The number of carboxylic acid groups (broad SMARTS) is 1. The highest BCUT2D eigenvalue weighted by Gasteiger charge is 2.30. The standard InChI is InChI=1S/C15H11F3O3/c16-15(17,18)11-2-1-3-13(9-11)21-12-6-4-10(5-7-12)8-14(19)20/h1-7,9H,8H2,(H,19,20). The minimum atomic E-state index is -4.43. The highest BCUT2D eigenvalue weighted by molar-refractivity contribution is 5.70. The van der Waals surface area contributed by atoms with Crippen molar-refractivity contribution in [1.82, 2.24) is 0 Å². The van der Waals surface area contributed by atoms with E-state index in [1.807, 2.05) is 0 Å². The highest BCUT2D eigenvalue weighted by atomic mass is 19.4. The normalized spacial score (nSPS) is 11.2. The molecule has 0 atom stereocenters. The minimum absolute atomic E-state index is 0.0656. The topological polar surface area (TPSA) is 46.5 Å². The largest absolute Gasteiger partial charge is 0.481 e. The van der Waals surface area contributed by atoms with Crippen LogP contribution in [0, 0.1) is 0 Å². The van der Waals surface area contributed by atoms with Crippen LogP contribution in [0.15, 0.2) is 48.5 Å². The first-order chi connectivity index (χ1) is 9.84. The maximum absolute atomic E-state index is 12.6. The molecule has 3 nitrogen and oxygen atoms in total. The Balaban J connectivity index is 2.13. The summed E-state index contributed by atoms with van der Waals surface area (Å²) in [7, 11) is 0. The van der Waals surface area contributed by atoms with Gasteiger partial charge in [0.05, 0.1) is 12.0 Å². The van der Waals surface area contributed by atoms with Crippen LogP contribution in [0.5, 0.6) is 11.5 Å². The second kappa shape index (κ2) is 5.87. The summed E-state index contributed by atoms with van der Waals surface area (Å²) in [5.41, 5.74) is -0.207. The molecule has 0 fully saturated rings. The first-order valence-corrected chi connectivity index (χ1v) is 6.00. The lowest BCUT2D eigenvalue weighted by Crippen LogP contribution is -2.04. The molecule has 21 heavy (non-hydrogen) atoms. The van der Waals surface area contributed by atoms with E-state index in [1.54, 1.807) is 12.1 Å². The maximum Gasteiger partial charge on any atom is 0.416 e. The summed E-state index contributed by atoms with van der Waals surface area (Å²) < 4.78 is 43.0. The first kappa shape index (κ1) is 14.9. The van der Waals surface area contributed by atoms with Crippen LogP contribution in [0.3, 0.4) is 0 Å². The van der Waals surface area contributed by atoms with E-state index in [0.717, 1.165) is 12.1 Å². The van der Waals surface area contributed by atoms with Crippen LogP contribution >= 0.6 is 0 Å². The molecule has 0 heterocycles. The molecule has 0 spiro atoms. The molecule has 0 aliphatic carbocycles. The molecule has 0 unspecified atom stereocenters. The van der Waals surface area contributed by atoms with Crippen molar-refractivity contribution < 1.29 is 27.8 Å². The minimum Gasteiger partial charge on any atom is -0.481 e. The van der Waals surface area contributed by atoms with Gasteiger partial charge in [0.15, 0.2) is 0 Å². The lowest BCUT2D eigenvalue weighted by atomic mass is 10.1. The van der Waals surface area contributed by atoms with E-state index in [9.17, 15) is 18.0 Å². The number of carbonyl (C=O) groups is 1. The summed E-state index contributed by atoms with van der Waals surface area (Å²) in [6.07, 6.45) is -4.55. The number of benzene rings is 2. The average molecular weight is 296 g/mol. The van der Waals surface area contributed by atoms with Crippen molar-refractivity contribution >= 4 is 5.97 Å². The van der Waals surface area contributed by atoms with Gasteiger partial charge in [-0.3, -0.25) is 4.79 Å². The van der Waals surface area contributed by atoms with Crippen molar-refractivity contribution in [2.75, 3.05) is 0 Å². The predicted octanol–water partition coefficient (Wildman–Crippen LogP) is 4.12. The summed E-state index contributed by atoms with van der Waals surface area (Å²) in [5, 5.41) is 8.64. The maximum atomic E-state index is 12.6. The summed E-state index contributed by atoms with van der Waals surface area (Å²) in [5.74, 6) is -0.555. The van der Waals surface area contributed by atoms with E-state index >= 15 is 0 Å². The van der Waals surface area contributed by atoms with Gasteiger partial charge in [-0.15, -0.1) is 0 Å². The van der Waals surface area contributed by atoms with Gasteiger partial charge in [-0.1, -0.05) is 18.2 Å². The fourth-order valence-electron chi connectivity index (χ4n) is 1.72. The van der Waals surface area contributed by atoms with Gasteiger partial charge in [0.1, 0.15) is 11.5 Å².